The van der Waals surface area contributed by atoms with Crippen molar-refractivity contribution in [2.24, 2.45) is 0 Å². The van der Waals surface area contributed by atoms with Gasteiger partial charge in [-0.05, 0) is 38.1 Å². The molecule has 1 aromatic carbocycles. The number of nitrogens with one attached hydrogen (secondary N) is 2. The highest BCUT2D eigenvalue weighted by Gasteiger charge is 2.35. The molecular formula is C20H21N5O4S2. The molecule has 2 aromatic rings. The third kappa shape index (κ3) is 6.02. The second-order valence-corrected chi connectivity index (χ2v) is 9.15. The van der Waals surface area contributed by atoms with Gasteiger partial charge < -0.3 is 20.1 Å². The van der Waals surface area contributed by atoms with Crippen molar-refractivity contribution in [1.82, 2.24) is 10.1 Å². The van der Waals surface area contributed by atoms with Crippen molar-refractivity contribution >= 4 is 52.8 Å². The second kappa shape index (κ2) is 10.4. The fourth-order valence-electron chi connectivity index (χ4n) is 2.77. The third-order valence-electron chi connectivity index (χ3n) is 4.49. The molecule has 0 bridgehead atoms. The van der Waals surface area contributed by atoms with E-state index in [4.69, 9.17) is 9.78 Å². The van der Waals surface area contributed by atoms with E-state index >= 15 is 0 Å². The lowest BCUT2D eigenvalue weighted by atomic mass is 10.2. The van der Waals surface area contributed by atoms with Gasteiger partial charge in [0.15, 0.2) is 5.82 Å². The minimum atomic E-state index is -0.587. The van der Waals surface area contributed by atoms with Crippen LogP contribution in [0.3, 0.4) is 0 Å². The van der Waals surface area contributed by atoms with Crippen LogP contribution in [0.1, 0.15) is 18.2 Å². The molecule has 0 spiro atoms. The van der Waals surface area contributed by atoms with Gasteiger partial charge in [-0.3, -0.25) is 14.4 Å². The van der Waals surface area contributed by atoms with Gasteiger partial charge in [0.1, 0.15) is 11.8 Å². The van der Waals surface area contributed by atoms with E-state index in [0.717, 1.165) is 0 Å². The minimum Gasteiger partial charge on any atom is -0.360 e. The zero-order valence-corrected chi connectivity index (χ0v) is 18.6. The lowest BCUT2D eigenvalue weighted by Crippen LogP contribution is -2.45. The molecule has 1 aliphatic rings. The number of aryl methyl sites for hydroxylation is 1. The molecule has 1 fully saturated rings. The highest BCUT2D eigenvalue weighted by Crippen LogP contribution is 2.24. The Morgan fingerprint density at radius 3 is 2.74 bits per heavy atom. The molecule has 3 rings (SSSR count). The number of rotatable bonds is 7. The van der Waals surface area contributed by atoms with Crippen molar-refractivity contribution in [2.45, 2.75) is 25.1 Å². The molecule has 1 aliphatic heterocycles. The number of nitriles is 1. The second-order valence-electron chi connectivity index (χ2n) is 6.82. The molecule has 162 valence electrons. The van der Waals surface area contributed by atoms with E-state index in [1.165, 1.54) is 28.4 Å². The molecular weight excluding hydrogens is 438 g/mol. The standard InChI is InChI=1S/C20H21N5O4S2/c1-12-7-17(24-29-12)23-19(27)13(2)31-10-18(26)25-11-30-9-16(25)20(28)22-15-5-3-14(8-21)4-6-15/h3-7,13,16H,9-11H2,1-2H3,(H,22,28)(H,23,24,27)/t13-,16+/m0/s1. The molecule has 0 unspecified atom stereocenters. The predicted octanol–water partition coefficient (Wildman–Crippen LogP) is 2.46. The number of hydrogen-bond acceptors (Lipinski definition) is 8. The molecule has 2 N–H and O–H groups in total. The number of hydrogen-bond donors (Lipinski definition) is 2. The molecule has 1 saturated heterocycles. The maximum atomic E-state index is 12.7. The number of nitrogens with zero attached hydrogens (tertiary/aromatic N) is 3. The van der Waals surface area contributed by atoms with E-state index in [1.54, 1.807) is 44.2 Å². The summed E-state index contributed by atoms with van der Waals surface area (Å²) in [4.78, 5) is 39.1. The highest BCUT2D eigenvalue weighted by molar-refractivity contribution is 8.01. The Morgan fingerprint density at radius 2 is 2.10 bits per heavy atom. The number of carbonyl (C=O) groups is 3. The Morgan fingerprint density at radius 1 is 1.35 bits per heavy atom. The van der Waals surface area contributed by atoms with Crippen molar-refractivity contribution < 1.29 is 18.9 Å². The van der Waals surface area contributed by atoms with Crippen molar-refractivity contribution in [1.29, 1.82) is 5.26 Å². The number of thioether (sulfide) groups is 2. The number of amides is 3. The van der Waals surface area contributed by atoms with Crippen LogP contribution in [0.2, 0.25) is 0 Å². The smallest absolute Gasteiger partial charge is 0.248 e. The number of benzene rings is 1. The third-order valence-corrected chi connectivity index (χ3v) is 6.63. The van der Waals surface area contributed by atoms with Crippen LogP contribution in [0.4, 0.5) is 11.5 Å². The molecule has 11 heteroatoms. The minimum absolute atomic E-state index is 0.0770. The molecule has 0 radical (unpaired) electrons. The van der Waals surface area contributed by atoms with Gasteiger partial charge >= 0.3 is 0 Å². The molecule has 2 heterocycles. The first-order valence-corrected chi connectivity index (χ1v) is 11.6. The fourth-order valence-corrected chi connectivity index (χ4v) is 4.72. The van der Waals surface area contributed by atoms with Gasteiger partial charge in [-0.15, -0.1) is 23.5 Å². The van der Waals surface area contributed by atoms with Gasteiger partial charge in [0.25, 0.3) is 0 Å². The summed E-state index contributed by atoms with van der Waals surface area (Å²) in [6.07, 6.45) is 0. The molecule has 2 atom stereocenters. The van der Waals surface area contributed by atoms with Crippen LogP contribution in [0.5, 0.6) is 0 Å². The highest BCUT2D eigenvalue weighted by atomic mass is 32.2. The average Bonchev–Trinajstić information content (AvgIpc) is 3.41. The van der Waals surface area contributed by atoms with E-state index < -0.39 is 11.3 Å². The van der Waals surface area contributed by atoms with Gasteiger partial charge in [-0.1, -0.05) is 5.16 Å². The van der Waals surface area contributed by atoms with Crippen molar-refractivity contribution in [3.63, 3.8) is 0 Å². The largest absolute Gasteiger partial charge is 0.360 e. The summed E-state index contributed by atoms with van der Waals surface area (Å²) < 4.78 is 4.91. The monoisotopic (exact) mass is 459 g/mol. The van der Waals surface area contributed by atoms with E-state index in [-0.39, 0.29) is 23.5 Å². The molecule has 31 heavy (non-hydrogen) atoms. The van der Waals surface area contributed by atoms with Crippen LogP contribution < -0.4 is 10.6 Å². The Bertz CT molecular complexity index is 1000. The molecule has 9 nitrogen and oxygen atoms in total. The van der Waals surface area contributed by atoms with E-state index in [9.17, 15) is 14.4 Å². The first-order chi connectivity index (χ1) is 14.9. The van der Waals surface area contributed by atoms with Crippen molar-refractivity contribution in [3.8, 4) is 6.07 Å². The van der Waals surface area contributed by atoms with Gasteiger partial charge in [0.05, 0.1) is 28.5 Å². The maximum Gasteiger partial charge on any atom is 0.248 e. The van der Waals surface area contributed by atoms with Crippen LogP contribution in [-0.4, -0.2) is 56.5 Å². The Balaban J connectivity index is 1.50. The number of anilines is 2. The van der Waals surface area contributed by atoms with Gasteiger partial charge in [0, 0.05) is 17.5 Å². The topological polar surface area (TPSA) is 128 Å². The van der Waals surface area contributed by atoms with E-state index in [1.807, 2.05) is 6.07 Å². The molecule has 1 aromatic heterocycles. The Kier molecular flexibility index (Phi) is 7.59. The molecule has 3 amide bonds. The number of carbonyl (C=O) groups excluding carboxylic acids is 3. The fraction of sp³-hybridized carbons (Fsp3) is 0.350. The van der Waals surface area contributed by atoms with Crippen LogP contribution >= 0.6 is 23.5 Å². The summed E-state index contributed by atoms with van der Waals surface area (Å²) in [6.45, 7) is 3.43. The van der Waals surface area contributed by atoms with Gasteiger partial charge in [-0.25, -0.2) is 0 Å². The summed E-state index contributed by atoms with van der Waals surface area (Å²) in [7, 11) is 0. The predicted molar refractivity (Wildman–Crippen MR) is 120 cm³/mol. The summed E-state index contributed by atoms with van der Waals surface area (Å²) in [5, 5.41) is 17.5. The average molecular weight is 460 g/mol. The normalized spacial score (nSPS) is 16.4. The van der Waals surface area contributed by atoms with Gasteiger partial charge in [0.2, 0.25) is 17.7 Å². The first-order valence-electron chi connectivity index (χ1n) is 9.41. The lowest BCUT2D eigenvalue weighted by Gasteiger charge is -2.23. The summed E-state index contributed by atoms with van der Waals surface area (Å²) >= 11 is 2.70. The van der Waals surface area contributed by atoms with E-state index in [0.29, 0.717) is 34.5 Å². The van der Waals surface area contributed by atoms with E-state index in [2.05, 4.69) is 15.8 Å². The van der Waals surface area contributed by atoms with Crippen LogP contribution in [-0.2, 0) is 14.4 Å². The summed E-state index contributed by atoms with van der Waals surface area (Å²) in [6, 6.07) is 9.58. The zero-order chi connectivity index (χ0) is 22.4. The zero-order valence-electron chi connectivity index (χ0n) is 17.0. The SMILES string of the molecule is Cc1cc(NC(=O)[C@H](C)SCC(=O)N2CSC[C@@H]2C(=O)Nc2ccc(C#N)cc2)no1. The van der Waals surface area contributed by atoms with Crippen molar-refractivity contribution in [2.75, 3.05) is 28.0 Å². The van der Waals surface area contributed by atoms with Gasteiger partial charge in [-0.2, -0.15) is 5.26 Å². The van der Waals surface area contributed by atoms with Crippen LogP contribution in [0, 0.1) is 18.3 Å². The van der Waals surface area contributed by atoms with Crippen LogP contribution in [0.15, 0.2) is 34.9 Å². The van der Waals surface area contributed by atoms with Crippen molar-refractivity contribution in [3.05, 3.63) is 41.7 Å². The summed E-state index contributed by atoms with van der Waals surface area (Å²) in [5.74, 6) is 1.15. The maximum absolute atomic E-state index is 12.7. The quantitative estimate of drug-likeness (QED) is 0.646. The first kappa shape index (κ1) is 22.7. The molecule has 0 aliphatic carbocycles. The van der Waals surface area contributed by atoms with Crippen LogP contribution in [0.25, 0.3) is 0 Å². The Hall–Kier alpha value is -2.97. The summed E-state index contributed by atoms with van der Waals surface area (Å²) in [5.41, 5.74) is 1.07. The number of aromatic nitrogens is 1. The molecule has 0 saturated carbocycles. The Labute approximate surface area is 187 Å². The lowest BCUT2D eigenvalue weighted by molar-refractivity contribution is -0.134.